The highest BCUT2D eigenvalue weighted by Crippen LogP contribution is 2.18. The molecule has 1 N–H and O–H groups in total. The van der Waals surface area contributed by atoms with E-state index in [1.807, 2.05) is 0 Å². The van der Waals surface area contributed by atoms with E-state index in [1.165, 1.54) is 0 Å². The van der Waals surface area contributed by atoms with Gasteiger partial charge in [0.25, 0.3) is 0 Å². The second-order valence-corrected chi connectivity index (χ2v) is 5.31. The zero-order chi connectivity index (χ0) is 14.3. The molecular formula is C14H26N2O3. The lowest BCUT2D eigenvalue weighted by molar-refractivity contribution is -0.142. The monoisotopic (exact) mass is 270 g/mol. The van der Waals surface area contributed by atoms with E-state index >= 15 is 0 Å². The maximum absolute atomic E-state index is 12.4. The van der Waals surface area contributed by atoms with Crippen LogP contribution in [-0.4, -0.2) is 53.1 Å². The number of amides is 2. The average Bonchev–Trinajstić information content (AvgIpc) is 2.34. The van der Waals surface area contributed by atoms with E-state index in [0.717, 1.165) is 38.5 Å². The topological polar surface area (TPSA) is 60.9 Å². The molecule has 0 aromatic heterocycles. The normalized spacial score (nSPS) is 20.5. The first kappa shape index (κ1) is 15.8. The molecule has 1 aliphatic heterocycles. The fourth-order valence-corrected chi connectivity index (χ4v) is 2.48. The van der Waals surface area contributed by atoms with Crippen molar-refractivity contribution in [1.82, 2.24) is 9.80 Å². The third kappa shape index (κ3) is 4.73. The van der Waals surface area contributed by atoms with E-state index in [9.17, 15) is 14.7 Å². The summed E-state index contributed by atoms with van der Waals surface area (Å²) in [6.07, 6.45) is 6.49. The molecule has 0 bridgehead atoms. The van der Waals surface area contributed by atoms with Gasteiger partial charge >= 0.3 is 12.0 Å². The Kier molecular flexibility index (Phi) is 6.67. The van der Waals surface area contributed by atoms with Crippen LogP contribution in [0.4, 0.5) is 4.79 Å². The van der Waals surface area contributed by atoms with Crippen molar-refractivity contribution in [3.05, 3.63) is 0 Å². The first-order valence-electron chi connectivity index (χ1n) is 7.32. The first-order chi connectivity index (χ1) is 9.07. The lowest BCUT2D eigenvalue weighted by Crippen LogP contribution is -2.51. The number of nitrogens with zero attached hydrogens (tertiary/aromatic N) is 2. The summed E-state index contributed by atoms with van der Waals surface area (Å²) in [5.74, 6) is -0.876. The number of hydrogen-bond acceptors (Lipinski definition) is 2. The molecule has 0 radical (unpaired) electrons. The van der Waals surface area contributed by atoms with Gasteiger partial charge in [-0.05, 0) is 19.3 Å². The Morgan fingerprint density at radius 2 is 1.95 bits per heavy atom. The van der Waals surface area contributed by atoms with Crippen molar-refractivity contribution in [3.63, 3.8) is 0 Å². The number of hydrogen-bond donors (Lipinski definition) is 1. The summed E-state index contributed by atoms with van der Waals surface area (Å²) in [4.78, 5) is 26.9. The summed E-state index contributed by atoms with van der Waals surface area (Å²) in [5, 5.41) is 9.32. The molecule has 1 unspecified atom stereocenters. The average molecular weight is 270 g/mol. The highest BCUT2D eigenvalue weighted by atomic mass is 16.4. The minimum Gasteiger partial charge on any atom is -0.480 e. The van der Waals surface area contributed by atoms with Crippen molar-refractivity contribution >= 4 is 12.0 Å². The quantitative estimate of drug-likeness (QED) is 0.854. The van der Waals surface area contributed by atoms with Gasteiger partial charge in [0.15, 0.2) is 0 Å². The zero-order valence-electron chi connectivity index (χ0n) is 12.1. The number of carbonyl (C=O) groups is 2. The highest BCUT2D eigenvalue weighted by Gasteiger charge is 2.31. The highest BCUT2D eigenvalue weighted by molar-refractivity contribution is 5.82. The Labute approximate surface area is 115 Å². The van der Waals surface area contributed by atoms with E-state index in [-0.39, 0.29) is 6.03 Å². The second-order valence-electron chi connectivity index (χ2n) is 5.31. The minimum atomic E-state index is -0.876. The molecule has 0 aromatic rings. The predicted molar refractivity (Wildman–Crippen MR) is 74.1 cm³/mol. The third-order valence-electron chi connectivity index (χ3n) is 3.71. The number of carboxylic acids is 1. The summed E-state index contributed by atoms with van der Waals surface area (Å²) in [5.41, 5.74) is 0. The second kappa shape index (κ2) is 8.02. The Morgan fingerprint density at radius 3 is 2.58 bits per heavy atom. The van der Waals surface area contributed by atoms with Gasteiger partial charge in [-0.2, -0.15) is 0 Å². The van der Waals surface area contributed by atoms with Crippen molar-refractivity contribution in [2.75, 3.05) is 20.1 Å². The third-order valence-corrected chi connectivity index (χ3v) is 3.71. The van der Waals surface area contributed by atoms with Crippen LogP contribution in [0.15, 0.2) is 0 Å². The standard InChI is InChI=1S/C14H26N2O3/c1-3-4-10-15(2)14(19)16-11-8-6-5-7-9-12(16)13(17)18/h12H,3-11H2,1-2H3,(H,17,18). The summed E-state index contributed by atoms with van der Waals surface area (Å²) >= 11 is 0. The molecule has 0 saturated carbocycles. The molecule has 19 heavy (non-hydrogen) atoms. The number of urea groups is 1. The van der Waals surface area contributed by atoms with Crippen LogP contribution in [0.1, 0.15) is 51.9 Å². The molecule has 5 heteroatoms. The van der Waals surface area contributed by atoms with Crippen molar-refractivity contribution in [2.24, 2.45) is 0 Å². The van der Waals surface area contributed by atoms with Gasteiger partial charge in [-0.3, -0.25) is 0 Å². The molecule has 1 atom stereocenters. The fraction of sp³-hybridized carbons (Fsp3) is 0.857. The minimum absolute atomic E-state index is 0.136. The maximum atomic E-state index is 12.4. The fourth-order valence-electron chi connectivity index (χ4n) is 2.48. The molecule has 1 rings (SSSR count). The van der Waals surface area contributed by atoms with Crippen LogP contribution in [0, 0.1) is 0 Å². The Hall–Kier alpha value is -1.26. The lowest BCUT2D eigenvalue weighted by Gasteiger charge is -2.34. The Bertz CT molecular complexity index is 307. The van der Waals surface area contributed by atoms with E-state index in [1.54, 1.807) is 16.8 Å². The molecule has 1 heterocycles. The molecular weight excluding hydrogens is 244 g/mol. The van der Waals surface area contributed by atoms with Gasteiger partial charge in [0.1, 0.15) is 6.04 Å². The van der Waals surface area contributed by atoms with Crippen LogP contribution in [0.3, 0.4) is 0 Å². The van der Waals surface area contributed by atoms with E-state index in [2.05, 4.69) is 6.92 Å². The van der Waals surface area contributed by atoms with Crippen LogP contribution >= 0.6 is 0 Å². The Morgan fingerprint density at radius 1 is 1.26 bits per heavy atom. The number of unbranched alkanes of at least 4 members (excludes halogenated alkanes) is 1. The zero-order valence-corrected chi connectivity index (χ0v) is 12.1. The predicted octanol–water partition coefficient (Wildman–Crippen LogP) is 2.56. The van der Waals surface area contributed by atoms with E-state index < -0.39 is 12.0 Å². The number of carbonyl (C=O) groups excluding carboxylic acids is 1. The largest absolute Gasteiger partial charge is 0.480 e. The molecule has 5 nitrogen and oxygen atoms in total. The maximum Gasteiger partial charge on any atom is 0.326 e. The van der Waals surface area contributed by atoms with Crippen LogP contribution in [0.25, 0.3) is 0 Å². The summed E-state index contributed by atoms with van der Waals surface area (Å²) in [7, 11) is 1.76. The number of rotatable bonds is 4. The summed E-state index contributed by atoms with van der Waals surface area (Å²) < 4.78 is 0. The SMILES string of the molecule is CCCCN(C)C(=O)N1CCCCCCC1C(=O)O. The Balaban J connectivity index is 2.71. The number of likely N-dealkylation sites (tertiary alicyclic amines) is 1. The van der Waals surface area contributed by atoms with Crippen molar-refractivity contribution in [3.8, 4) is 0 Å². The van der Waals surface area contributed by atoms with Crippen molar-refractivity contribution in [1.29, 1.82) is 0 Å². The smallest absolute Gasteiger partial charge is 0.326 e. The molecule has 1 saturated heterocycles. The number of aliphatic carboxylic acids is 1. The molecule has 0 aromatic carbocycles. The van der Waals surface area contributed by atoms with Gasteiger partial charge in [0.05, 0.1) is 0 Å². The number of carboxylic acid groups (broad SMARTS) is 1. The molecule has 1 aliphatic rings. The molecule has 110 valence electrons. The molecule has 0 aliphatic carbocycles. The van der Waals surface area contributed by atoms with Gasteiger partial charge in [0.2, 0.25) is 0 Å². The van der Waals surface area contributed by atoms with Crippen LogP contribution in [0.2, 0.25) is 0 Å². The van der Waals surface area contributed by atoms with Gasteiger partial charge in [-0.25, -0.2) is 9.59 Å². The lowest BCUT2D eigenvalue weighted by atomic mass is 10.0. The van der Waals surface area contributed by atoms with Crippen LogP contribution in [-0.2, 0) is 4.79 Å². The van der Waals surface area contributed by atoms with Crippen molar-refractivity contribution < 1.29 is 14.7 Å². The molecule has 1 fully saturated rings. The first-order valence-corrected chi connectivity index (χ1v) is 7.32. The van der Waals surface area contributed by atoms with Gasteiger partial charge in [-0.1, -0.05) is 32.6 Å². The molecule has 2 amide bonds. The summed E-state index contributed by atoms with van der Waals surface area (Å²) in [6, 6.07) is -0.792. The van der Waals surface area contributed by atoms with Crippen molar-refractivity contribution in [2.45, 2.75) is 57.9 Å². The van der Waals surface area contributed by atoms with Gasteiger partial charge < -0.3 is 14.9 Å². The van der Waals surface area contributed by atoms with Gasteiger partial charge in [0, 0.05) is 20.1 Å². The van der Waals surface area contributed by atoms with Gasteiger partial charge in [-0.15, -0.1) is 0 Å². The van der Waals surface area contributed by atoms with Crippen LogP contribution < -0.4 is 0 Å². The van der Waals surface area contributed by atoms with Crippen LogP contribution in [0.5, 0.6) is 0 Å². The molecule has 0 spiro atoms. The summed E-state index contributed by atoms with van der Waals surface area (Å²) in [6.45, 7) is 3.33. The van der Waals surface area contributed by atoms with E-state index in [0.29, 0.717) is 19.5 Å². The van der Waals surface area contributed by atoms with E-state index in [4.69, 9.17) is 0 Å².